The Morgan fingerprint density at radius 3 is 2.62 bits per heavy atom. The average Bonchev–Trinajstić information content (AvgIpc) is 2.46. The highest BCUT2D eigenvalue weighted by Crippen LogP contribution is 2.21. The van der Waals surface area contributed by atoms with Crippen LogP contribution in [0.15, 0.2) is 18.2 Å². The molecule has 0 spiro atoms. The molecule has 0 fully saturated rings. The molecule has 0 aliphatic rings. The fraction of sp³-hybridized carbons (Fsp3) is 0.529. The van der Waals surface area contributed by atoms with Crippen LogP contribution in [0.2, 0.25) is 0 Å². The third-order valence-corrected chi connectivity index (χ3v) is 3.16. The molecule has 0 saturated heterocycles. The van der Waals surface area contributed by atoms with Gasteiger partial charge in [-0.15, -0.1) is 0 Å². The van der Waals surface area contributed by atoms with Crippen molar-refractivity contribution in [2.75, 3.05) is 6.54 Å². The van der Waals surface area contributed by atoms with Crippen molar-refractivity contribution < 1.29 is 24.1 Å². The number of nitrogens with one attached hydrogen (secondary N) is 1. The highest BCUT2D eigenvalue weighted by atomic mass is 19.1. The number of aliphatic hydroxyl groups excluding tert-OH is 2. The zero-order valence-corrected chi connectivity index (χ0v) is 14.0. The molecule has 2 atom stereocenters. The molecule has 0 aliphatic carbocycles. The minimum Gasteiger partial charge on any atom is -0.444 e. The number of carbonyl (C=O) groups is 1. The SMILES string of the molecule is CC(C)(C)OC(=O)NCCC(O)C(O)c1ccc(CC#N)c(F)c1. The summed E-state index contributed by atoms with van der Waals surface area (Å²) in [6, 6.07) is 5.81. The summed E-state index contributed by atoms with van der Waals surface area (Å²) in [6.45, 7) is 5.29. The number of nitriles is 1. The Morgan fingerprint density at radius 1 is 1.42 bits per heavy atom. The second kappa shape index (κ2) is 8.62. The molecule has 0 aliphatic heterocycles. The molecule has 0 saturated carbocycles. The number of alkyl carbamates (subject to hydrolysis) is 1. The number of halogens is 1. The number of hydrogen-bond acceptors (Lipinski definition) is 5. The molecular formula is C17H23FN2O4. The van der Waals surface area contributed by atoms with E-state index < -0.39 is 29.7 Å². The van der Waals surface area contributed by atoms with Gasteiger partial charge >= 0.3 is 6.09 Å². The van der Waals surface area contributed by atoms with E-state index in [1.54, 1.807) is 20.8 Å². The van der Waals surface area contributed by atoms with Crippen LogP contribution in [-0.4, -0.2) is 34.6 Å². The molecule has 7 heteroatoms. The average molecular weight is 338 g/mol. The number of nitrogens with zero attached hydrogens (tertiary/aromatic N) is 1. The van der Waals surface area contributed by atoms with E-state index in [2.05, 4.69) is 5.32 Å². The quantitative estimate of drug-likeness (QED) is 0.738. The predicted molar refractivity (Wildman–Crippen MR) is 85.5 cm³/mol. The number of ether oxygens (including phenoxy) is 1. The van der Waals surface area contributed by atoms with Gasteiger partial charge in [0, 0.05) is 12.1 Å². The Kier molecular flexibility index (Phi) is 7.14. The van der Waals surface area contributed by atoms with Crippen LogP contribution in [0, 0.1) is 17.1 Å². The van der Waals surface area contributed by atoms with Crippen LogP contribution in [0.3, 0.4) is 0 Å². The van der Waals surface area contributed by atoms with Crippen molar-refractivity contribution >= 4 is 6.09 Å². The van der Waals surface area contributed by atoms with Crippen LogP contribution in [0.25, 0.3) is 0 Å². The lowest BCUT2D eigenvalue weighted by Crippen LogP contribution is -2.34. The number of hydrogen-bond donors (Lipinski definition) is 3. The smallest absolute Gasteiger partial charge is 0.407 e. The number of aliphatic hydroxyl groups is 2. The fourth-order valence-corrected chi connectivity index (χ4v) is 1.99. The van der Waals surface area contributed by atoms with Gasteiger partial charge in [-0.05, 0) is 38.8 Å². The number of carbonyl (C=O) groups excluding carboxylic acids is 1. The molecule has 6 nitrogen and oxygen atoms in total. The first-order chi connectivity index (χ1) is 11.1. The molecule has 0 heterocycles. The van der Waals surface area contributed by atoms with Crippen molar-refractivity contribution in [3.8, 4) is 6.07 Å². The van der Waals surface area contributed by atoms with Crippen LogP contribution in [-0.2, 0) is 11.2 Å². The lowest BCUT2D eigenvalue weighted by molar-refractivity contribution is 0.0121. The number of benzene rings is 1. The van der Waals surface area contributed by atoms with Crippen molar-refractivity contribution in [2.24, 2.45) is 0 Å². The fourth-order valence-electron chi connectivity index (χ4n) is 1.99. The van der Waals surface area contributed by atoms with Gasteiger partial charge in [0.05, 0.1) is 18.6 Å². The van der Waals surface area contributed by atoms with E-state index in [0.717, 1.165) is 6.07 Å². The summed E-state index contributed by atoms with van der Waals surface area (Å²) in [4.78, 5) is 11.5. The van der Waals surface area contributed by atoms with Gasteiger partial charge in [0.25, 0.3) is 0 Å². The lowest BCUT2D eigenvalue weighted by Gasteiger charge is -2.21. The Labute approximate surface area is 140 Å². The first kappa shape index (κ1) is 19.9. The standard InChI is InChI=1S/C17H23FN2O4/c1-17(2,3)24-16(23)20-9-7-14(21)15(22)12-5-4-11(6-8-19)13(18)10-12/h4-5,10,14-15,21-22H,6-7,9H2,1-3H3,(H,20,23). The summed E-state index contributed by atoms with van der Waals surface area (Å²) in [7, 11) is 0. The van der Waals surface area contributed by atoms with Gasteiger partial charge in [-0.25, -0.2) is 9.18 Å². The molecule has 0 bridgehead atoms. The largest absolute Gasteiger partial charge is 0.444 e. The third kappa shape index (κ3) is 6.52. The topological polar surface area (TPSA) is 103 Å². The zero-order chi connectivity index (χ0) is 18.3. The summed E-state index contributed by atoms with van der Waals surface area (Å²) in [6.07, 6.45) is -3.08. The Bertz CT molecular complexity index is 608. The molecule has 1 aromatic carbocycles. The first-order valence-electron chi connectivity index (χ1n) is 7.62. The van der Waals surface area contributed by atoms with E-state index in [0.29, 0.717) is 0 Å². The minimum atomic E-state index is -1.30. The van der Waals surface area contributed by atoms with E-state index in [1.165, 1.54) is 12.1 Å². The summed E-state index contributed by atoms with van der Waals surface area (Å²) in [5, 5.41) is 31.1. The molecule has 1 aromatic rings. The van der Waals surface area contributed by atoms with E-state index in [-0.39, 0.29) is 30.5 Å². The molecule has 0 radical (unpaired) electrons. The molecule has 0 aromatic heterocycles. The highest BCUT2D eigenvalue weighted by molar-refractivity contribution is 5.67. The maximum atomic E-state index is 13.8. The summed E-state index contributed by atoms with van der Waals surface area (Å²) < 4.78 is 18.8. The van der Waals surface area contributed by atoms with Crippen LogP contribution in [0.4, 0.5) is 9.18 Å². The maximum absolute atomic E-state index is 13.8. The van der Waals surface area contributed by atoms with E-state index >= 15 is 0 Å². The Hall–Kier alpha value is -2.17. The van der Waals surface area contributed by atoms with Gasteiger partial charge in [0.15, 0.2) is 0 Å². The van der Waals surface area contributed by atoms with Crippen molar-refractivity contribution in [1.29, 1.82) is 5.26 Å². The Morgan fingerprint density at radius 2 is 2.08 bits per heavy atom. The molecule has 1 amide bonds. The molecule has 24 heavy (non-hydrogen) atoms. The second-order valence-corrected chi connectivity index (χ2v) is 6.42. The number of amides is 1. The summed E-state index contributed by atoms with van der Waals surface area (Å²) >= 11 is 0. The maximum Gasteiger partial charge on any atom is 0.407 e. The third-order valence-electron chi connectivity index (χ3n) is 3.16. The van der Waals surface area contributed by atoms with Crippen LogP contribution < -0.4 is 5.32 Å². The predicted octanol–water partition coefficient (Wildman–Crippen LogP) is 2.20. The molecule has 2 unspecified atom stereocenters. The van der Waals surface area contributed by atoms with Gasteiger partial charge in [-0.1, -0.05) is 12.1 Å². The van der Waals surface area contributed by atoms with Gasteiger partial charge in [-0.3, -0.25) is 0 Å². The van der Waals surface area contributed by atoms with Crippen LogP contribution >= 0.6 is 0 Å². The van der Waals surface area contributed by atoms with Gasteiger partial charge in [0.1, 0.15) is 17.5 Å². The highest BCUT2D eigenvalue weighted by Gasteiger charge is 2.21. The Balaban J connectivity index is 2.53. The summed E-state index contributed by atoms with van der Waals surface area (Å²) in [5.74, 6) is -0.604. The van der Waals surface area contributed by atoms with Crippen molar-refractivity contribution in [1.82, 2.24) is 5.32 Å². The van der Waals surface area contributed by atoms with E-state index in [4.69, 9.17) is 10.00 Å². The normalized spacial score (nSPS) is 13.7. The number of rotatable bonds is 6. The van der Waals surface area contributed by atoms with Crippen molar-refractivity contribution in [3.05, 3.63) is 35.1 Å². The first-order valence-corrected chi connectivity index (χ1v) is 7.62. The molecule has 3 N–H and O–H groups in total. The van der Waals surface area contributed by atoms with E-state index in [9.17, 15) is 19.4 Å². The molecular weight excluding hydrogens is 315 g/mol. The minimum absolute atomic E-state index is 0.0649. The van der Waals surface area contributed by atoms with Gasteiger partial charge < -0.3 is 20.3 Å². The monoisotopic (exact) mass is 338 g/mol. The van der Waals surface area contributed by atoms with E-state index in [1.807, 2.05) is 6.07 Å². The molecule has 1 rings (SSSR count). The summed E-state index contributed by atoms with van der Waals surface area (Å²) in [5.41, 5.74) is -0.182. The van der Waals surface area contributed by atoms with Crippen molar-refractivity contribution in [3.63, 3.8) is 0 Å². The zero-order valence-electron chi connectivity index (χ0n) is 14.0. The van der Waals surface area contributed by atoms with Crippen molar-refractivity contribution in [2.45, 2.75) is 51.4 Å². The molecule has 132 valence electrons. The van der Waals surface area contributed by atoms with Gasteiger partial charge in [-0.2, -0.15) is 5.26 Å². The van der Waals surface area contributed by atoms with Crippen LogP contribution in [0.5, 0.6) is 0 Å². The second-order valence-electron chi connectivity index (χ2n) is 6.42. The van der Waals surface area contributed by atoms with Gasteiger partial charge in [0.2, 0.25) is 0 Å². The van der Waals surface area contributed by atoms with Crippen LogP contribution in [0.1, 0.15) is 44.4 Å². The lowest BCUT2D eigenvalue weighted by atomic mass is 10.00.